The molecule has 0 bridgehead atoms. The Balaban J connectivity index is 2.18. The zero-order valence-corrected chi connectivity index (χ0v) is 19.4. The van der Waals surface area contributed by atoms with Crippen LogP contribution in [0.25, 0.3) is 5.76 Å². The summed E-state index contributed by atoms with van der Waals surface area (Å²) in [5.41, 5.74) is 1.03. The molecule has 0 spiro atoms. The smallest absolute Gasteiger partial charge is 0.354 e. The number of nitrogens with zero attached hydrogens (tertiary/aromatic N) is 1. The second kappa shape index (κ2) is 9.58. The van der Waals surface area contributed by atoms with Gasteiger partial charge in [0.15, 0.2) is 0 Å². The van der Waals surface area contributed by atoms with E-state index in [0.717, 1.165) is 6.54 Å². The van der Waals surface area contributed by atoms with E-state index in [1.807, 2.05) is 14.1 Å². The van der Waals surface area contributed by atoms with Crippen LogP contribution in [0.5, 0.6) is 0 Å². The quantitative estimate of drug-likeness (QED) is 0.270. The van der Waals surface area contributed by atoms with Crippen molar-refractivity contribution in [1.29, 1.82) is 0 Å². The number of H-pyrrole nitrogens is 1. The summed E-state index contributed by atoms with van der Waals surface area (Å²) in [5.74, 6) is -3.55. The predicted molar refractivity (Wildman–Crippen MR) is 117 cm³/mol. The fourth-order valence-corrected chi connectivity index (χ4v) is 4.26. The first-order valence-corrected chi connectivity index (χ1v) is 10.7. The summed E-state index contributed by atoms with van der Waals surface area (Å²) in [4.78, 5) is 43.4. The minimum Gasteiger partial charge on any atom is -0.872 e. The summed E-state index contributed by atoms with van der Waals surface area (Å²) in [6.45, 7) is 4.16. The Morgan fingerprint density at radius 1 is 1.27 bits per heavy atom. The average Bonchev–Trinajstić information content (AvgIpc) is 3.20. The maximum absolute atomic E-state index is 14.1. The van der Waals surface area contributed by atoms with E-state index >= 15 is 0 Å². The molecule has 3 rings (SSSR count). The lowest BCUT2D eigenvalue weighted by Crippen LogP contribution is -3.05. The van der Waals surface area contributed by atoms with Crippen LogP contribution in [-0.4, -0.2) is 61.8 Å². The highest BCUT2D eigenvalue weighted by atomic mass is 19.1. The second-order valence-electron chi connectivity index (χ2n) is 8.46. The molecule has 1 unspecified atom stereocenters. The first-order chi connectivity index (χ1) is 15.6. The van der Waals surface area contributed by atoms with E-state index in [9.17, 15) is 23.9 Å². The number of Topliss-reactive ketones (excluding diaryl/α,β-unsaturated/α-hetero) is 1. The van der Waals surface area contributed by atoms with Crippen LogP contribution >= 0.6 is 0 Å². The van der Waals surface area contributed by atoms with Gasteiger partial charge in [0.1, 0.15) is 11.5 Å². The van der Waals surface area contributed by atoms with E-state index in [2.05, 4.69) is 4.98 Å². The number of halogens is 1. The van der Waals surface area contributed by atoms with Gasteiger partial charge in [-0.05, 0) is 42.7 Å². The van der Waals surface area contributed by atoms with Crippen molar-refractivity contribution < 1.29 is 33.5 Å². The zero-order chi connectivity index (χ0) is 24.4. The number of quaternary nitrogens is 1. The van der Waals surface area contributed by atoms with Crippen LogP contribution in [0.4, 0.5) is 4.39 Å². The monoisotopic (exact) mass is 457 g/mol. The van der Waals surface area contributed by atoms with Crippen LogP contribution in [0, 0.1) is 19.7 Å². The van der Waals surface area contributed by atoms with E-state index in [-0.39, 0.29) is 23.4 Å². The molecule has 8 nitrogen and oxygen atoms in total. The Morgan fingerprint density at radius 2 is 1.97 bits per heavy atom. The molecule has 1 aromatic carbocycles. The van der Waals surface area contributed by atoms with Crippen molar-refractivity contribution in [3.05, 3.63) is 63.7 Å². The Labute approximate surface area is 191 Å². The van der Waals surface area contributed by atoms with E-state index < -0.39 is 35.3 Å². The minimum atomic E-state index is -1.01. The summed E-state index contributed by atoms with van der Waals surface area (Å²) >= 11 is 0. The summed E-state index contributed by atoms with van der Waals surface area (Å²) in [6, 6.07) is 4.54. The molecule has 0 radical (unpaired) electrons. The highest BCUT2D eigenvalue weighted by Gasteiger charge is 2.44. The molecule has 1 atom stereocenters. The third-order valence-corrected chi connectivity index (χ3v) is 5.82. The van der Waals surface area contributed by atoms with Gasteiger partial charge in [0, 0.05) is 24.2 Å². The molecule has 1 aliphatic heterocycles. The Kier molecular flexibility index (Phi) is 7.02. The number of benzene rings is 1. The summed E-state index contributed by atoms with van der Waals surface area (Å²) in [7, 11) is 5.16. The molecule has 0 saturated carbocycles. The second-order valence-corrected chi connectivity index (χ2v) is 8.46. The molecule has 1 aromatic heterocycles. The van der Waals surface area contributed by atoms with Crippen molar-refractivity contribution in [3.63, 3.8) is 0 Å². The van der Waals surface area contributed by atoms with E-state index in [1.165, 1.54) is 35.1 Å². The number of methoxy groups -OCH3 is 1. The van der Waals surface area contributed by atoms with Gasteiger partial charge >= 0.3 is 5.97 Å². The number of carbonyl (C=O) groups is 3. The lowest BCUT2D eigenvalue weighted by atomic mass is 9.94. The average molecular weight is 458 g/mol. The SMILES string of the molecule is COC(=O)c1[nH]c(C)c(/C([O-])=C2\C(=O)C(=O)N(CCC[NH+](C)C)C2c2cccc(F)c2)c1C. The summed E-state index contributed by atoms with van der Waals surface area (Å²) in [5, 5.41) is 13.7. The van der Waals surface area contributed by atoms with Gasteiger partial charge in [0.25, 0.3) is 5.91 Å². The Morgan fingerprint density at radius 3 is 2.58 bits per heavy atom. The molecule has 176 valence electrons. The fourth-order valence-electron chi connectivity index (χ4n) is 4.26. The van der Waals surface area contributed by atoms with Gasteiger partial charge in [0.2, 0.25) is 5.78 Å². The van der Waals surface area contributed by atoms with Crippen molar-refractivity contribution in [2.24, 2.45) is 0 Å². The van der Waals surface area contributed by atoms with Crippen LogP contribution in [0.15, 0.2) is 29.8 Å². The standard InChI is InChI=1S/C24H28FN3O5/c1-13-17(14(2)26-19(13)24(32)33-5)21(29)18-20(15-8-6-9-16(25)12-15)28(23(31)22(18)30)11-7-10-27(3)4/h6,8-9,12,20,26,29H,7,10-11H2,1-5H3/b21-18+. The van der Waals surface area contributed by atoms with Gasteiger partial charge < -0.3 is 24.6 Å². The summed E-state index contributed by atoms with van der Waals surface area (Å²) < 4.78 is 18.8. The Hall–Kier alpha value is -3.46. The van der Waals surface area contributed by atoms with Crippen LogP contribution in [0.3, 0.4) is 0 Å². The normalized spacial score (nSPS) is 17.8. The molecule has 1 saturated heterocycles. The molecule has 2 heterocycles. The highest BCUT2D eigenvalue weighted by Crippen LogP contribution is 2.40. The molecular weight excluding hydrogens is 429 g/mol. The number of hydrogen-bond acceptors (Lipinski definition) is 5. The molecule has 1 aliphatic rings. The van der Waals surface area contributed by atoms with Gasteiger partial charge in [-0.3, -0.25) is 9.59 Å². The molecule has 1 fully saturated rings. The molecular formula is C24H28FN3O5. The maximum Gasteiger partial charge on any atom is 0.354 e. The van der Waals surface area contributed by atoms with Crippen LogP contribution < -0.4 is 10.0 Å². The fraction of sp³-hybridized carbons (Fsp3) is 0.375. The number of rotatable bonds is 7. The number of aryl methyl sites for hydroxylation is 1. The molecule has 2 aromatic rings. The summed E-state index contributed by atoms with van der Waals surface area (Å²) in [6.07, 6.45) is 0.601. The van der Waals surface area contributed by atoms with Crippen molar-refractivity contribution in [2.45, 2.75) is 26.3 Å². The number of carbonyl (C=O) groups excluding carboxylic acids is 3. The van der Waals surface area contributed by atoms with Crippen LogP contribution in [0.2, 0.25) is 0 Å². The lowest BCUT2D eigenvalue weighted by molar-refractivity contribution is -0.858. The molecule has 2 N–H and O–H groups in total. The lowest BCUT2D eigenvalue weighted by Gasteiger charge is -2.28. The third-order valence-electron chi connectivity index (χ3n) is 5.82. The third kappa shape index (κ3) is 4.54. The zero-order valence-electron chi connectivity index (χ0n) is 19.4. The van der Waals surface area contributed by atoms with Crippen molar-refractivity contribution in [2.75, 3.05) is 34.3 Å². The van der Waals surface area contributed by atoms with Gasteiger partial charge in [0.05, 0.1) is 33.8 Å². The molecule has 9 heteroatoms. The number of esters is 1. The molecule has 1 amide bonds. The van der Waals surface area contributed by atoms with E-state index in [4.69, 9.17) is 4.74 Å². The maximum atomic E-state index is 14.1. The molecule has 33 heavy (non-hydrogen) atoms. The number of likely N-dealkylation sites (tertiary alicyclic amines) is 1. The number of ether oxygens (including phenoxy) is 1. The highest BCUT2D eigenvalue weighted by molar-refractivity contribution is 6.46. The number of ketones is 1. The van der Waals surface area contributed by atoms with Crippen LogP contribution in [-0.2, 0) is 14.3 Å². The van der Waals surface area contributed by atoms with Crippen molar-refractivity contribution in [1.82, 2.24) is 9.88 Å². The first-order valence-electron chi connectivity index (χ1n) is 10.7. The van der Waals surface area contributed by atoms with Crippen molar-refractivity contribution in [3.8, 4) is 0 Å². The van der Waals surface area contributed by atoms with Gasteiger partial charge in [-0.1, -0.05) is 17.9 Å². The van der Waals surface area contributed by atoms with Crippen LogP contribution in [0.1, 0.15) is 45.3 Å². The van der Waals surface area contributed by atoms with E-state index in [1.54, 1.807) is 19.9 Å². The number of nitrogens with one attached hydrogen (secondary N) is 2. The first kappa shape index (κ1) is 24.2. The Bertz CT molecular complexity index is 1140. The number of hydrogen-bond donors (Lipinski definition) is 2. The largest absolute Gasteiger partial charge is 0.872 e. The van der Waals surface area contributed by atoms with Gasteiger partial charge in [-0.15, -0.1) is 0 Å². The topological polar surface area (TPSA) is 107 Å². The minimum absolute atomic E-state index is 0.101. The molecule has 0 aliphatic carbocycles. The van der Waals surface area contributed by atoms with Gasteiger partial charge in [-0.25, -0.2) is 9.18 Å². The predicted octanol–water partition coefficient (Wildman–Crippen LogP) is 0.316. The number of amides is 1. The van der Waals surface area contributed by atoms with Crippen molar-refractivity contribution >= 4 is 23.4 Å². The number of aromatic nitrogens is 1. The van der Waals surface area contributed by atoms with Gasteiger partial charge in [-0.2, -0.15) is 0 Å². The number of aromatic amines is 1. The van der Waals surface area contributed by atoms with E-state index in [0.29, 0.717) is 23.2 Å².